The van der Waals surface area contributed by atoms with Crippen molar-refractivity contribution in [3.05, 3.63) is 35.4 Å². The van der Waals surface area contributed by atoms with E-state index in [9.17, 15) is 5.11 Å². The van der Waals surface area contributed by atoms with Crippen LogP contribution in [0.15, 0.2) is 24.3 Å². The average molecular weight is 237 g/mol. The van der Waals surface area contributed by atoms with Crippen molar-refractivity contribution < 1.29 is 10.2 Å². The van der Waals surface area contributed by atoms with Gasteiger partial charge in [0.2, 0.25) is 0 Å². The van der Waals surface area contributed by atoms with Gasteiger partial charge in [-0.3, -0.25) is 0 Å². The van der Waals surface area contributed by atoms with Gasteiger partial charge in [-0.25, -0.2) is 0 Å². The first-order valence-electron chi connectivity index (χ1n) is 6.05. The lowest BCUT2D eigenvalue weighted by Gasteiger charge is -2.20. The molecule has 1 aromatic carbocycles. The number of aliphatic hydroxyl groups excluding tert-OH is 2. The lowest BCUT2D eigenvalue weighted by atomic mass is 9.86. The summed E-state index contributed by atoms with van der Waals surface area (Å²) in [6.45, 7) is 7.58. The smallest absolute Gasteiger partial charge is 0.0914 e. The van der Waals surface area contributed by atoms with Crippen LogP contribution in [0.2, 0.25) is 0 Å². The molecule has 1 aromatic rings. The number of aliphatic hydroxyl groups is 2. The van der Waals surface area contributed by atoms with Gasteiger partial charge in [-0.1, -0.05) is 45.0 Å². The number of nitrogens with one attached hydrogen (secondary N) is 1. The summed E-state index contributed by atoms with van der Waals surface area (Å²) >= 11 is 0. The van der Waals surface area contributed by atoms with Crippen LogP contribution in [0.25, 0.3) is 0 Å². The minimum absolute atomic E-state index is 0.0929. The molecule has 17 heavy (non-hydrogen) atoms. The third kappa shape index (κ3) is 4.46. The van der Waals surface area contributed by atoms with Crippen LogP contribution in [0.4, 0.5) is 0 Å². The van der Waals surface area contributed by atoms with E-state index in [2.05, 4.69) is 38.2 Å². The molecule has 96 valence electrons. The van der Waals surface area contributed by atoms with E-state index >= 15 is 0 Å². The lowest BCUT2D eigenvalue weighted by Crippen LogP contribution is -2.24. The van der Waals surface area contributed by atoms with Crippen molar-refractivity contribution in [1.29, 1.82) is 0 Å². The van der Waals surface area contributed by atoms with Gasteiger partial charge < -0.3 is 15.5 Å². The van der Waals surface area contributed by atoms with E-state index in [1.54, 1.807) is 0 Å². The Morgan fingerprint density at radius 1 is 1.18 bits per heavy atom. The molecular formula is C14H23NO2. The Balaban J connectivity index is 2.61. The summed E-state index contributed by atoms with van der Waals surface area (Å²) in [5, 5.41) is 21.5. The van der Waals surface area contributed by atoms with Crippen LogP contribution in [0.5, 0.6) is 0 Å². The predicted molar refractivity (Wildman–Crippen MR) is 70.1 cm³/mol. The first-order valence-corrected chi connectivity index (χ1v) is 6.05. The standard InChI is InChI=1S/C14H23NO2/c1-14(2,3)12-6-4-11(5-7-12)13(17)10-15-8-9-16/h4-7,13,15-17H,8-10H2,1-3H3. The maximum atomic E-state index is 9.90. The second kappa shape index (κ2) is 6.15. The van der Waals surface area contributed by atoms with Crippen molar-refractivity contribution in [1.82, 2.24) is 5.32 Å². The van der Waals surface area contributed by atoms with Crippen molar-refractivity contribution in [2.75, 3.05) is 19.7 Å². The molecule has 0 fully saturated rings. The molecule has 3 heteroatoms. The number of hydrogen-bond acceptors (Lipinski definition) is 3. The van der Waals surface area contributed by atoms with Gasteiger partial charge in [0.1, 0.15) is 0 Å². The fourth-order valence-electron chi connectivity index (χ4n) is 1.64. The van der Waals surface area contributed by atoms with Crippen LogP contribution >= 0.6 is 0 Å². The molecule has 0 saturated carbocycles. The molecule has 0 bridgehead atoms. The van der Waals surface area contributed by atoms with Crippen LogP contribution in [-0.4, -0.2) is 29.9 Å². The van der Waals surface area contributed by atoms with Crippen LogP contribution in [0, 0.1) is 0 Å². The van der Waals surface area contributed by atoms with E-state index < -0.39 is 6.10 Å². The lowest BCUT2D eigenvalue weighted by molar-refractivity contribution is 0.171. The van der Waals surface area contributed by atoms with Gasteiger partial charge >= 0.3 is 0 Å². The van der Waals surface area contributed by atoms with Gasteiger partial charge in [0.15, 0.2) is 0 Å². The quantitative estimate of drug-likeness (QED) is 0.682. The van der Waals surface area contributed by atoms with Gasteiger partial charge in [-0.05, 0) is 16.5 Å². The first-order chi connectivity index (χ1) is 7.95. The largest absolute Gasteiger partial charge is 0.395 e. The SMILES string of the molecule is CC(C)(C)c1ccc(C(O)CNCCO)cc1. The van der Waals surface area contributed by atoms with E-state index in [-0.39, 0.29) is 12.0 Å². The summed E-state index contributed by atoms with van der Waals surface area (Å²) in [6.07, 6.45) is -0.518. The van der Waals surface area contributed by atoms with Gasteiger partial charge in [-0.2, -0.15) is 0 Å². The summed E-state index contributed by atoms with van der Waals surface area (Å²) in [7, 11) is 0. The number of benzene rings is 1. The molecule has 0 aliphatic rings. The Bertz CT molecular complexity index is 327. The van der Waals surface area contributed by atoms with Gasteiger partial charge in [0.05, 0.1) is 12.7 Å². The molecule has 3 N–H and O–H groups in total. The average Bonchev–Trinajstić information content (AvgIpc) is 2.28. The summed E-state index contributed by atoms with van der Waals surface area (Å²) in [4.78, 5) is 0. The van der Waals surface area contributed by atoms with Crippen molar-refractivity contribution in [3.63, 3.8) is 0 Å². The Labute approximate surface area is 103 Å². The molecule has 1 rings (SSSR count). The van der Waals surface area contributed by atoms with Crippen LogP contribution in [0.3, 0.4) is 0 Å². The fourth-order valence-corrected chi connectivity index (χ4v) is 1.64. The molecule has 1 atom stereocenters. The van der Waals surface area contributed by atoms with E-state index in [0.29, 0.717) is 13.1 Å². The molecule has 0 radical (unpaired) electrons. The highest BCUT2D eigenvalue weighted by atomic mass is 16.3. The molecule has 3 nitrogen and oxygen atoms in total. The minimum atomic E-state index is -0.518. The van der Waals surface area contributed by atoms with E-state index in [1.165, 1.54) is 5.56 Å². The van der Waals surface area contributed by atoms with Gasteiger partial charge in [-0.15, -0.1) is 0 Å². The second-order valence-electron chi connectivity index (χ2n) is 5.32. The summed E-state index contributed by atoms with van der Waals surface area (Å²) in [6, 6.07) is 8.05. The second-order valence-corrected chi connectivity index (χ2v) is 5.32. The van der Waals surface area contributed by atoms with E-state index in [4.69, 9.17) is 5.11 Å². The van der Waals surface area contributed by atoms with Crippen molar-refractivity contribution in [2.45, 2.75) is 32.3 Å². The normalized spacial score (nSPS) is 13.7. The molecule has 0 aliphatic carbocycles. The minimum Gasteiger partial charge on any atom is -0.395 e. The highest BCUT2D eigenvalue weighted by Crippen LogP contribution is 2.23. The van der Waals surface area contributed by atoms with E-state index in [1.807, 2.05) is 12.1 Å². The third-order valence-corrected chi connectivity index (χ3v) is 2.79. The highest BCUT2D eigenvalue weighted by molar-refractivity contribution is 5.28. The zero-order chi connectivity index (χ0) is 12.9. The molecule has 0 aliphatic heterocycles. The van der Waals surface area contributed by atoms with Gasteiger partial charge in [0.25, 0.3) is 0 Å². The van der Waals surface area contributed by atoms with Crippen molar-refractivity contribution in [2.24, 2.45) is 0 Å². The Kier molecular flexibility index (Phi) is 5.12. The summed E-state index contributed by atoms with van der Waals surface area (Å²) < 4.78 is 0. The van der Waals surface area contributed by atoms with Crippen molar-refractivity contribution >= 4 is 0 Å². The maximum Gasteiger partial charge on any atom is 0.0914 e. The molecule has 0 aromatic heterocycles. The zero-order valence-electron chi connectivity index (χ0n) is 10.9. The topological polar surface area (TPSA) is 52.5 Å². The Morgan fingerprint density at radius 3 is 2.24 bits per heavy atom. The number of hydrogen-bond donors (Lipinski definition) is 3. The predicted octanol–water partition coefficient (Wildman–Crippen LogP) is 1.60. The molecule has 0 amide bonds. The van der Waals surface area contributed by atoms with Gasteiger partial charge in [0, 0.05) is 13.1 Å². The Morgan fingerprint density at radius 2 is 1.76 bits per heavy atom. The fraction of sp³-hybridized carbons (Fsp3) is 0.571. The third-order valence-electron chi connectivity index (χ3n) is 2.79. The monoisotopic (exact) mass is 237 g/mol. The molecule has 0 saturated heterocycles. The van der Waals surface area contributed by atoms with Crippen LogP contribution < -0.4 is 5.32 Å². The Hall–Kier alpha value is -0.900. The maximum absolute atomic E-state index is 9.90. The summed E-state index contributed by atoms with van der Waals surface area (Å²) in [5.74, 6) is 0. The zero-order valence-corrected chi connectivity index (χ0v) is 10.9. The summed E-state index contributed by atoms with van der Waals surface area (Å²) in [5.41, 5.74) is 2.30. The molecule has 0 heterocycles. The van der Waals surface area contributed by atoms with Crippen LogP contribution in [0.1, 0.15) is 38.0 Å². The first kappa shape index (κ1) is 14.2. The molecule has 1 unspecified atom stereocenters. The molecular weight excluding hydrogens is 214 g/mol. The van der Waals surface area contributed by atoms with E-state index in [0.717, 1.165) is 5.56 Å². The number of rotatable bonds is 5. The van der Waals surface area contributed by atoms with Crippen LogP contribution in [-0.2, 0) is 5.41 Å². The molecule has 0 spiro atoms. The van der Waals surface area contributed by atoms with Crippen molar-refractivity contribution in [3.8, 4) is 0 Å². The highest BCUT2D eigenvalue weighted by Gasteiger charge is 2.14.